The Balaban J connectivity index is 4.13. The van der Waals surface area contributed by atoms with E-state index in [9.17, 15) is 0 Å². The summed E-state index contributed by atoms with van der Waals surface area (Å²) in [7, 11) is 0. The molecule has 0 saturated heterocycles. The maximum absolute atomic E-state index is 8.97. The zero-order valence-electron chi connectivity index (χ0n) is 8.17. The molecule has 0 bridgehead atoms. The van der Waals surface area contributed by atoms with Crippen LogP contribution in [0.2, 0.25) is 0 Å². The topological polar surface area (TPSA) is 64.2 Å². The first-order valence-corrected chi connectivity index (χ1v) is 6.78. The molecule has 0 heterocycles. The summed E-state index contributed by atoms with van der Waals surface area (Å²) in [6.07, 6.45) is 1.24. The third-order valence-corrected chi connectivity index (χ3v) is 4.91. The van der Waals surface area contributed by atoms with E-state index in [2.05, 4.69) is 18.7 Å². The summed E-state index contributed by atoms with van der Waals surface area (Å²) in [6.45, 7) is 1.79. The highest BCUT2D eigenvalue weighted by molar-refractivity contribution is 8.28. The molecule has 0 aromatic heterocycles. The van der Waals surface area contributed by atoms with Gasteiger partial charge in [-0.2, -0.15) is 17.9 Å². The Morgan fingerprint density at radius 1 is 1.57 bits per heavy atom. The molecule has 0 amide bonds. The third-order valence-electron chi connectivity index (χ3n) is 1.68. The van der Waals surface area contributed by atoms with Gasteiger partial charge in [-0.3, -0.25) is 0 Å². The number of thiol groups is 1. The van der Waals surface area contributed by atoms with Crippen molar-refractivity contribution in [1.82, 2.24) is 0 Å². The first kappa shape index (κ1) is 14.5. The van der Waals surface area contributed by atoms with Gasteiger partial charge in [0.1, 0.15) is 4.75 Å². The molecule has 0 saturated carbocycles. The minimum atomic E-state index is -1.34. The Hall–Kier alpha value is 0.460. The summed E-state index contributed by atoms with van der Waals surface area (Å²) < 4.78 is -0.561. The SMILES string of the molecule is CSC(S)SC(C)(C#N)CCC(O)O. The van der Waals surface area contributed by atoms with Crippen LogP contribution in [0.1, 0.15) is 19.8 Å². The van der Waals surface area contributed by atoms with Gasteiger partial charge in [0.25, 0.3) is 0 Å². The Morgan fingerprint density at radius 2 is 2.14 bits per heavy atom. The molecule has 6 heteroatoms. The lowest BCUT2D eigenvalue weighted by molar-refractivity contribution is -0.0469. The van der Waals surface area contributed by atoms with Gasteiger partial charge in [0, 0.05) is 6.42 Å². The Bertz CT molecular complexity index is 207. The van der Waals surface area contributed by atoms with Crippen LogP contribution in [0.4, 0.5) is 0 Å². The van der Waals surface area contributed by atoms with E-state index in [4.69, 9.17) is 15.5 Å². The van der Waals surface area contributed by atoms with Crippen LogP contribution in [0.15, 0.2) is 0 Å². The lowest BCUT2D eigenvalue weighted by Crippen LogP contribution is -2.22. The van der Waals surface area contributed by atoms with Gasteiger partial charge in [0.2, 0.25) is 0 Å². The Kier molecular flexibility index (Phi) is 7.08. The highest BCUT2D eigenvalue weighted by Gasteiger charge is 2.27. The highest BCUT2D eigenvalue weighted by atomic mass is 32.3. The van der Waals surface area contributed by atoms with Gasteiger partial charge in [-0.1, -0.05) is 0 Å². The molecule has 82 valence electrons. The monoisotopic (exact) mass is 253 g/mol. The smallest absolute Gasteiger partial charge is 0.151 e. The molecule has 0 aliphatic carbocycles. The lowest BCUT2D eigenvalue weighted by Gasteiger charge is -2.23. The molecule has 0 spiro atoms. The molecule has 3 nitrogen and oxygen atoms in total. The van der Waals surface area contributed by atoms with E-state index in [0.29, 0.717) is 6.42 Å². The van der Waals surface area contributed by atoms with Crippen molar-refractivity contribution in [3.63, 3.8) is 0 Å². The van der Waals surface area contributed by atoms with Gasteiger partial charge in [-0.05, 0) is 19.6 Å². The van der Waals surface area contributed by atoms with Crippen molar-refractivity contribution in [2.45, 2.75) is 34.7 Å². The normalized spacial score (nSPS) is 17.5. The number of thioether (sulfide) groups is 2. The van der Waals surface area contributed by atoms with Crippen molar-refractivity contribution < 1.29 is 10.2 Å². The first-order valence-electron chi connectivity index (χ1n) is 4.09. The van der Waals surface area contributed by atoms with Gasteiger partial charge >= 0.3 is 0 Å². The minimum absolute atomic E-state index is 0.0375. The number of nitriles is 1. The number of aliphatic hydroxyl groups is 2. The van der Waals surface area contributed by atoms with Crippen molar-refractivity contribution >= 4 is 36.2 Å². The zero-order chi connectivity index (χ0) is 11.2. The van der Waals surface area contributed by atoms with E-state index in [1.165, 1.54) is 11.8 Å². The summed E-state index contributed by atoms with van der Waals surface area (Å²) in [4.78, 5) is 0. The van der Waals surface area contributed by atoms with E-state index < -0.39 is 11.0 Å². The number of hydrogen-bond donors (Lipinski definition) is 3. The fourth-order valence-corrected chi connectivity index (χ4v) is 3.27. The number of rotatable bonds is 6. The average molecular weight is 253 g/mol. The largest absolute Gasteiger partial charge is 0.368 e. The minimum Gasteiger partial charge on any atom is -0.368 e. The predicted octanol–water partition coefficient (Wildman–Crippen LogP) is 1.67. The van der Waals surface area contributed by atoms with Crippen LogP contribution in [0.25, 0.3) is 0 Å². The van der Waals surface area contributed by atoms with Crippen molar-refractivity contribution in [2.75, 3.05) is 6.26 Å². The highest BCUT2D eigenvalue weighted by Crippen LogP contribution is 2.38. The molecule has 14 heavy (non-hydrogen) atoms. The van der Waals surface area contributed by atoms with E-state index in [1.807, 2.05) is 6.26 Å². The molecule has 0 fully saturated rings. The van der Waals surface area contributed by atoms with Gasteiger partial charge in [-0.15, -0.1) is 23.5 Å². The lowest BCUT2D eigenvalue weighted by atomic mass is 10.1. The maximum Gasteiger partial charge on any atom is 0.151 e. The summed E-state index contributed by atoms with van der Waals surface area (Å²) in [5, 5.41) is 26.4. The summed E-state index contributed by atoms with van der Waals surface area (Å²) >= 11 is 7.26. The number of hydrogen-bond acceptors (Lipinski definition) is 6. The summed E-state index contributed by atoms with van der Waals surface area (Å²) in [6, 6.07) is 2.18. The Morgan fingerprint density at radius 3 is 2.50 bits per heavy atom. The van der Waals surface area contributed by atoms with Crippen LogP contribution >= 0.6 is 36.2 Å². The number of aliphatic hydroxyl groups excluding tert-OH is 1. The zero-order valence-corrected chi connectivity index (χ0v) is 10.7. The van der Waals surface area contributed by atoms with Crippen molar-refractivity contribution in [3.05, 3.63) is 0 Å². The van der Waals surface area contributed by atoms with Gasteiger partial charge < -0.3 is 10.2 Å². The fourth-order valence-electron chi connectivity index (χ4n) is 0.816. The molecule has 2 unspecified atom stereocenters. The van der Waals surface area contributed by atoms with Crippen LogP contribution in [-0.4, -0.2) is 31.4 Å². The van der Waals surface area contributed by atoms with E-state index in [-0.39, 0.29) is 10.3 Å². The molecular formula is C8H15NO2S3. The van der Waals surface area contributed by atoms with Crippen molar-refractivity contribution in [1.29, 1.82) is 5.26 Å². The van der Waals surface area contributed by atoms with Crippen LogP contribution in [0.3, 0.4) is 0 Å². The molecule has 0 aliphatic heterocycles. The first-order chi connectivity index (χ1) is 6.43. The standard InChI is InChI=1S/C8H15NO2S3/c1-8(5-9,4-3-6(10)11)14-7(12)13-2/h6-7,10-12H,3-4H2,1-2H3. The molecule has 0 radical (unpaired) electrons. The molecule has 0 aromatic rings. The predicted molar refractivity (Wildman–Crippen MR) is 65.4 cm³/mol. The molecule has 0 aliphatic rings. The van der Waals surface area contributed by atoms with E-state index in [0.717, 1.165) is 0 Å². The van der Waals surface area contributed by atoms with Gasteiger partial charge in [-0.25, -0.2) is 0 Å². The molecule has 0 rings (SSSR count). The second kappa shape index (κ2) is 6.85. The maximum atomic E-state index is 8.97. The molecular weight excluding hydrogens is 238 g/mol. The second-order valence-corrected chi connectivity index (χ2v) is 7.09. The Labute approximate surface area is 98.7 Å². The third kappa shape index (κ3) is 6.04. The van der Waals surface area contributed by atoms with E-state index >= 15 is 0 Å². The average Bonchev–Trinajstić information content (AvgIpc) is 2.14. The van der Waals surface area contributed by atoms with Crippen LogP contribution in [0.5, 0.6) is 0 Å². The molecule has 2 N–H and O–H groups in total. The van der Waals surface area contributed by atoms with Crippen LogP contribution in [-0.2, 0) is 0 Å². The molecule has 2 atom stereocenters. The van der Waals surface area contributed by atoms with Crippen molar-refractivity contribution in [3.8, 4) is 6.07 Å². The van der Waals surface area contributed by atoms with Crippen molar-refractivity contribution in [2.24, 2.45) is 0 Å². The molecule has 0 aromatic carbocycles. The fraction of sp³-hybridized carbons (Fsp3) is 0.875. The second-order valence-electron chi connectivity index (χ2n) is 3.02. The van der Waals surface area contributed by atoms with Gasteiger partial charge in [0.05, 0.1) is 9.98 Å². The van der Waals surface area contributed by atoms with Gasteiger partial charge in [0.15, 0.2) is 6.29 Å². The van der Waals surface area contributed by atoms with E-state index in [1.54, 1.807) is 18.7 Å². The number of nitrogens with zero attached hydrogens (tertiary/aromatic N) is 1. The van der Waals surface area contributed by atoms with Crippen LogP contribution < -0.4 is 0 Å². The summed E-state index contributed by atoms with van der Waals surface area (Å²) in [5.41, 5.74) is 0. The summed E-state index contributed by atoms with van der Waals surface area (Å²) in [5.74, 6) is 0. The quantitative estimate of drug-likeness (QED) is 0.496. The van der Waals surface area contributed by atoms with Crippen LogP contribution in [0, 0.1) is 11.3 Å².